The SMILES string of the molecule is CC(C)(Cn1ccc2cc(CNC3CC3)ccc21)C(=O)O. The van der Waals surface area contributed by atoms with Crippen LogP contribution in [0.15, 0.2) is 30.5 Å². The Bertz CT molecular complexity index is 668. The lowest BCUT2D eigenvalue weighted by Crippen LogP contribution is -2.28. The van der Waals surface area contributed by atoms with Crippen LogP contribution in [0.1, 0.15) is 32.3 Å². The van der Waals surface area contributed by atoms with E-state index in [1.807, 2.05) is 10.8 Å². The predicted molar refractivity (Wildman–Crippen MR) is 83.2 cm³/mol. The summed E-state index contributed by atoms with van der Waals surface area (Å²) >= 11 is 0. The Balaban J connectivity index is 1.80. The van der Waals surface area contributed by atoms with E-state index in [-0.39, 0.29) is 0 Å². The van der Waals surface area contributed by atoms with E-state index in [4.69, 9.17) is 0 Å². The van der Waals surface area contributed by atoms with E-state index in [9.17, 15) is 9.90 Å². The van der Waals surface area contributed by atoms with Crippen molar-refractivity contribution in [2.45, 2.75) is 45.8 Å². The first-order chi connectivity index (χ1) is 9.95. The Morgan fingerprint density at radius 1 is 1.38 bits per heavy atom. The zero-order chi connectivity index (χ0) is 15.0. The molecule has 4 heteroatoms. The third-order valence-electron chi connectivity index (χ3n) is 4.15. The van der Waals surface area contributed by atoms with Gasteiger partial charge in [-0.05, 0) is 55.8 Å². The van der Waals surface area contributed by atoms with Crippen LogP contribution >= 0.6 is 0 Å². The Labute approximate surface area is 124 Å². The van der Waals surface area contributed by atoms with Crippen LogP contribution in [0.3, 0.4) is 0 Å². The minimum Gasteiger partial charge on any atom is -0.481 e. The number of nitrogens with zero attached hydrogens (tertiary/aromatic N) is 1. The Morgan fingerprint density at radius 2 is 2.14 bits per heavy atom. The smallest absolute Gasteiger partial charge is 0.310 e. The van der Waals surface area contributed by atoms with Crippen molar-refractivity contribution in [3.8, 4) is 0 Å². The number of carbonyl (C=O) groups is 1. The fourth-order valence-electron chi connectivity index (χ4n) is 2.54. The molecular weight excluding hydrogens is 264 g/mol. The number of nitrogens with one attached hydrogen (secondary N) is 1. The molecular formula is C17H22N2O2. The molecule has 0 spiro atoms. The van der Waals surface area contributed by atoms with Crippen LogP contribution in [0, 0.1) is 5.41 Å². The molecule has 0 atom stereocenters. The minimum absolute atomic E-state index is 0.478. The van der Waals surface area contributed by atoms with Gasteiger partial charge in [-0.25, -0.2) is 0 Å². The molecule has 0 radical (unpaired) electrons. The van der Waals surface area contributed by atoms with Crippen LogP contribution in [0.4, 0.5) is 0 Å². The second-order valence-corrected chi connectivity index (χ2v) is 6.68. The summed E-state index contributed by atoms with van der Waals surface area (Å²) in [4.78, 5) is 11.3. The third-order valence-corrected chi connectivity index (χ3v) is 4.15. The molecule has 3 rings (SSSR count). The summed E-state index contributed by atoms with van der Waals surface area (Å²) < 4.78 is 2.03. The molecule has 1 fully saturated rings. The van der Waals surface area contributed by atoms with Gasteiger partial charge < -0.3 is 15.0 Å². The maximum Gasteiger partial charge on any atom is 0.310 e. The van der Waals surface area contributed by atoms with Gasteiger partial charge in [0.15, 0.2) is 0 Å². The molecule has 112 valence electrons. The normalized spacial score (nSPS) is 15.5. The number of hydrogen-bond acceptors (Lipinski definition) is 2. The summed E-state index contributed by atoms with van der Waals surface area (Å²) in [7, 11) is 0. The van der Waals surface area contributed by atoms with Crippen LogP contribution in [0.25, 0.3) is 10.9 Å². The van der Waals surface area contributed by atoms with Gasteiger partial charge in [0.1, 0.15) is 0 Å². The number of hydrogen-bond donors (Lipinski definition) is 2. The molecule has 1 aliphatic rings. The highest BCUT2D eigenvalue weighted by molar-refractivity contribution is 5.81. The molecule has 1 aromatic heterocycles. The first-order valence-electron chi connectivity index (χ1n) is 7.50. The topological polar surface area (TPSA) is 54.3 Å². The lowest BCUT2D eigenvalue weighted by Gasteiger charge is -2.20. The monoisotopic (exact) mass is 286 g/mol. The van der Waals surface area contributed by atoms with Crippen LogP contribution in [-0.2, 0) is 17.9 Å². The van der Waals surface area contributed by atoms with Gasteiger partial charge in [-0.15, -0.1) is 0 Å². The number of fused-ring (bicyclic) bond motifs is 1. The van der Waals surface area contributed by atoms with Crippen molar-refractivity contribution in [2.75, 3.05) is 0 Å². The van der Waals surface area contributed by atoms with Gasteiger partial charge in [0.05, 0.1) is 5.41 Å². The largest absolute Gasteiger partial charge is 0.481 e. The molecule has 1 aliphatic carbocycles. The number of carboxylic acids is 1. The highest BCUT2D eigenvalue weighted by Crippen LogP contribution is 2.25. The number of aliphatic carboxylic acids is 1. The van der Waals surface area contributed by atoms with Crippen molar-refractivity contribution < 1.29 is 9.90 Å². The molecule has 0 unspecified atom stereocenters. The molecule has 1 heterocycles. The second kappa shape index (κ2) is 5.19. The van der Waals surface area contributed by atoms with E-state index in [0.29, 0.717) is 12.6 Å². The summed E-state index contributed by atoms with van der Waals surface area (Å²) in [5.41, 5.74) is 1.61. The average Bonchev–Trinajstić information content (AvgIpc) is 3.18. The molecule has 21 heavy (non-hydrogen) atoms. The summed E-state index contributed by atoms with van der Waals surface area (Å²) in [6.45, 7) is 4.90. The number of rotatable bonds is 6. The molecule has 2 aromatic rings. The number of benzene rings is 1. The molecule has 0 bridgehead atoms. The van der Waals surface area contributed by atoms with Gasteiger partial charge in [0.25, 0.3) is 0 Å². The zero-order valence-corrected chi connectivity index (χ0v) is 12.6. The molecule has 1 aromatic carbocycles. The van der Waals surface area contributed by atoms with E-state index in [1.54, 1.807) is 13.8 Å². The minimum atomic E-state index is -0.769. The van der Waals surface area contributed by atoms with Crippen molar-refractivity contribution >= 4 is 16.9 Å². The van der Waals surface area contributed by atoms with Gasteiger partial charge >= 0.3 is 5.97 Å². The quantitative estimate of drug-likeness (QED) is 0.858. The van der Waals surface area contributed by atoms with Crippen molar-refractivity contribution in [2.24, 2.45) is 5.41 Å². The number of aromatic nitrogens is 1. The Hall–Kier alpha value is -1.81. The lowest BCUT2D eigenvalue weighted by atomic mass is 9.94. The van der Waals surface area contributed by atoms with Gasteiger partial charge in [-0.1, -0.05) is 6.07 Å². The van der Waals surface area contributed by atoms with Gasteiger partial charge in [-0.3, -0.25) is 4.79 Å². The van der Waals surface area contributed by atoms with E-state index in [0.717, 1.165) is 12.1 Å². The van der Waals surface area contributed by atoms with Gasteiger partial charge in [0.2, 0.25) is 0 Å². The van der Waals surface area contributed by atoms with Crippen molar-refractivity contribution in [1.82, 2.24) is 9.88 Å². The number of carboxylic acid groups (broad SMARTS) is 1. The van der Waals surface area contributed by atoms with Crippen molar-refractivity contribution in [3.63, 3.8) is 0 Å². The van der Waals surface area contributed by atoms with Crippen molar-refractivity contribution in [3.05, 3.63) is 36.0 Å². The summed E-state index contributed by atoms with van der Waals surface area (Å²) in [6, 6.07) is 9.18. The third kappa shape index (κ3) is 3.10. The fraction of sp³-hybridized carbons (Fsp3) is 0.471. The first kappa shape index (κ1) is 14.1. The van der Waals surface area contributed by atoms with Gasteiger partial charge in [0, 0.05) is 30.8 Å². The summed E-state index contributed by atoms with van der Waals surface area (Å²) in [5.74, 6) is -0.769. The van der Waals surface area contributed by atoms with E-state index in [1.165, 1.54) is 23.8 Å². The molecule has 1 saturated carbocycles. The summed E-state index contributed by atoms with van der Waals surface area (Å²) in [6.07, 6.45) is 4.57. The molecule has 0 saturated heterocycles. The van der Waals surface area contributed by atoms with Crippen LogP contribution in [0.2, 0.25) is 0 Å². The molecule has 2 N–H and O–H groups in total. The van der Waals surface area contributed by atoms with E-state index >= 15 is 0 Å². The maximum absolute atomic E-state index is 11.3. The zero-order valence-electron chi connectivity index (χ0n) is 12.6. The van der Waals surface area contributed by atoms with E-state index in [2.05, 4.69) is 29.6 Å². The van der Waals surface area contributed by atoms with Gasteiger partial charge in [-0.2, -0.15) is 0 Å². The average molecular weight is 286 g/mol. The van der Waals surface area contributed by atoms with E-state index < -0.39 is 11.4 Å². The molecule has 0 amide bonds. The van der Waals surface area contributed by atoms with Crippen LogP contribution in [-0.4, -0.2) is 21.7 Å². The fourth-order valence-corrected chi connectivity index (χ4v) is 2.54. The predicted octanol–water partition coefficient (Wildman–Crippen LogP) is 3.00. The molecule has 0 aliphatic heterocycles. The summed E-state index contributed by atoms with van der Waals surface area (Å²) in [5, 5.41) is 13.9. The van der Waals surface area contributed by atoms with Crippen LogP contribution < -0.4 is 5.32 Å². The Kier molecular flexibility index (Phi) is 3.49. The molecule has 4 nitrogen and oxygen atoms in total. The highest BCUT2D eigenvalue weighted by Gasteiger charge is 2.28. The second-order valence-electron chi connectivity index (χ2n) is 6.68. The lowest BCUT2D eigenvalue weighted by molar-refractivity contribution is -0.147. The van der Waals surface area contributed by atoms with Crippen molar-refractivity contribution in [1.29, 1.82) is 0 Å². The maximum atomic E-state index is 11.3. The highest BCUT2D eigenvalue weighted by atomic mass is 16.4. The first-order valence-corrected chi connectivity index (χ1v) is 7.50. The van der Waals surface area contributed by atoms with Crippen LogP contribution in [0.5, 0.6) is 0 Å². The standard InChI is InChI=1S/C17H22N2O2/c1-17(2,16(20)21)11-19-8-7-13-9-12(3-6-15(13)19)10-18-14-4-5-14/h3,6-9,14,18H,4-5,10-11H2,1-2H3,(H,20,21). The Morgan fingerprint density at radius 3 is 2.81 bits per heavy atom.